The summed E-state index contributed by atoms with van der Waals surface area (Å²) in [6, 6.07) is 14.6. The fraction of sp³-hybridized carbons (Fsp3) is 0.263. The van der Waals surface area contributed by atoms with Gasteiger partial charge in [0.05, 0.1) is 22.5 Å². The van der Waals surface area contributed by atoms with E-state index in [1.165, 1.54) is 11.8 Å². The second-order valence-electron chi connectivity index (χ2n) is 5.57. The van der Waals surface area contributed by atoms with Crippen molar-refractivity contribution >= 4 is 34.3 Å². The average Bonchev–Trinajstić information content (AvgIpc) is 2.66. The average molecular weight is 391 g/mol. The number of para-hydroxylation sites is 2. The number of hydrogen-bond donors (Lipinski definition) is 1. The van der Waals surface area contributed by atoms with Crippen molar-refractivity contribution in [3.05, 3.63) is 63.9 Å². The second kappa shape index (κ2) is 9.07. The molecule has 0 atom stereocenters. The Hall–Kier alpha value is -2.02. The molecule has 0 aliphatic carbocycles. The van der Waals surface area contributed by atoms with E-state index in [1.54, 1.807) is 16.7 Å². The van der Waals surface area contributed by atoms with Gasteiger partial charge in [0.15, 0.2) is 5.16 Å². The molecule has 26 heavy (non-hydrogen) atoms. The fourth-order valence-corrected chi connectivity index (χ4v) is 3.56. The van der Waals surface area contributed by atoms with Gasteiger partial charge in [0.1, 0.15) is 5.75 Å². The van der Waals surface area contributed by atoms with Gasteiger partial charge in [-0.25, -0.2) is 4.98 Å². The molecule has 1 heterocycles. The molecule has 1 N–H and O–H groups in total. The summed E-state index contributed by atoms with van der Waals surface area (Å²) in [4.78, 5) is 17.3. The lowest BCUT2D eigenvalue weighted by molar-refractivity contribution is 0.276. The summed E-state index contributed by atoms with van der Waals surface area (Å²) < 4.78 is 7.31. The number of thioether (sulfide) groups is 1. The molecule has 0 aliphatic rings. The van der Waals surface area contributed by atoms with Crippen LogP contribution in [0.2, 0.25) is 5.02 Å². The van der Waals surface area contributed by atoms with E-state index < -0.39 is 0 Å². The van der Waals surface area contributed by atoms with Crippen molar-refractivity contribution in [2.75, 3.05) is 19.0 Å². The standard InChI is InChI=1S/C19H19ClN2O3S/c20-15-7-2-4-9-17(15)25-12-13-26-19-21-16-8-3-1-6-14(16)18(24)22(19)10-5-11-23/h1-4,6-9,23H,5,10-13H2. The maximum atomic E-state index is 12.7. The molecule has 0 unspecified atom stereocenters. The van der Waals surface area contributed by atoms with Crippen molar-refractivity contribution in [1.82, 2.24) is 9.55 Å². The maximum Gasteiger partial charge on any atom is 0.262 e. The summed E-state index contributed by atoms with van der Waals surface area (Å²) in [7, 11) is 0. The van der Waals surface area contributed by atoms with Crippen LogP contribution in [-0.4, -0.2) is 33.6 Å². The maximum absolute atomic E-state index is 12.7. The molecule has 0 bridgehead atoms. The number of aromatic nitrogens is 2. The summed E-state index contributed by atoms with van der Waals surface area (Å²) in [6.45, 7) is 0.900. The lowest BCUT2D eigenvalue weighted by Crippen LogP contribution is -2.24. The Balaban J connectivity index is 1.75. The normalized spacial score (nSPS) is 11.0. The topological polar surface area (TPSA) is 64.3 Å². The minimum atomic E-state index is -0.0847. The number of ether oxygens (including phenoxy) is 1. The molecule has 0 aliphatic heterocycles. The molecule has 0 spiro atoms. The van der Waals surface area contributed by atoms with Crippen molar-refractivity contribution in [1.29, 1.82) is 0 Å². The van der Waals surface area contributed by atoms with E-state index in [1.807, 2.05) is 36.4 Å². The summed E-state index contributed by atoms with van der Waals surface area (Å²) in [5.41, 5.74) is 0.589. The second-order valence-corrected chi connectivity index (χ2v) is 7.04. The van der Waals surface area contributed by atoms with Crippen molar-refractivity contribution in [3.8, 4) is 5.75 Å². The molecule has 2 aromatic carbocycles. The third-order valence-electron chi connectivity index (χ3n) is 3.78. The van der Waals surface area contributed by atoms with Crippen LogP contribution in [0.3, 0.4) is 0 Å². The summed E-state index contributed by atoms with van der Waals surface area (Å²) >= 11 is 7.53. The van der Waals surface area contributed by atoms with E-state index in [0.717, 1.165) is 0 Å². The number of hydrogen-bond acceptors (Lipinski definition) is 5. The molecule has 5 nitrogen and oxygen atoms in total. The minimum absolute atomic E-state index is 0.0268. The van der Waals surface area contributed by atoms with Gasteiger partial charge < -0.3 is 9.84 Å². The highest BCUT2D eigenvalue weighted by Gasteiger charge is 2.11. The van der Waals surface area contributed by atoms with Crippen LogP contribution in [0.15, 0.2) is 58.5 Å². The van der Waals surface area contributed by atoms with Crippen molar-refractivity contribution in [2.24, 2.45) is 0 Å². The van der Waals surface area contributed by atoms with E-state index in [2.05, 4.69) is 4.98 Å². The zero-order valence-electron chi connectivity index (χ0n) is 14.1. The van der Waals surface area contributed by atoms with E-state index >= 15 is 0 Å². The number of nitrogens with zero attached hydrogens (tertiary/aromatic N) is 2. The molecule has 0 saturated heterocycles. The van der Waals surface area contributed by atoms with E-state index in [9.17, 15) is 4.79 Å². The number of halogens is 1. The highest BCUT2D eigenvalue weighted by molar-refractivity contribution is 7.99. The van der Waals surface area contributed by atoms with E-state index in [4.69, 9.17) is 21.4 Å². The molecule has 0 amide bonds. The molecule has 3 rings (SSSR count). The zero-order valence-corrected chi connectivity index (χ0v) is 15.7. The van der Waals surface area contributed by atoms with Crippen LogP contribution >= 0.6 is 23.4 Å². The zero-order chi connectivity index (χ0) is 18.4. The predicted octanol–water partition coefficient (Wildman–Crippen LogP) is 3.60. The van der Waals surface area contributed by atoms with Crippen LogP contribution in [0, 0.1) is 0 Å². The number of benzene rings is 2. The summed E-state index contributed by atoms with van der Waals surface area (Å²) in [5.74, 6) is 1.26. The Morgan fingerprint density at radius 1 is 1.15 bits per heavy atom. The highest BCUT2D eigenvalue weighted by atomic mass is 35.5. The molecule has 1 aromatic heterocycles. The Kier molecular flexibility index (Phi) is 6.55. The van der Waals surface area contributed by atoms with E-state index in [0.29, 0.717) is 52.2 Å². The monoisotopic (exact) mass is 390 g/mol. The quantitative estimate of drug-likeness (QED) is 0.361. The first-order valence-corrected chi connectivity index (χ1v) is 9.67. The molecule has 7 heteroatoms. The van der Waals surface area contributed by atoms with Crippen molar-refractivity contribution in [2.45, 2.75) is 18.1 Å². The number of rotatable bonds is 8. The molecular formula is C19H19ClN2O3S. The van der Waals surface area contributed by atoms with Crippen LogP contribution < -0.4 is 10.3 Å². The third-order valence-corrected chi connectivity index (χ3v) is 5.03. The molecule has 0 saturated carbocycles. The van der Waals surface area contributed by atoms with Gasteiger partial charge in [-0.2, -0.15) is 0 Å². The first-order valence-electron chi connectivity index (χ1n) is 8.31. The van der Waals surface area contributed by atoms with Crippen LogP contribution in [-0.2, 0) is 6.54 Å². The number of aliphatic hydroxyl groups is 1. The lowest BCUT2D eigenvalue weighted by Gasteiger charge is -2.13. The first-order chi connectivity index (χ1) is 12.7. The number of aliphatic hydroxyl groups excluding tert-OH is 1. The van der Waals surface area contributed by atoms with Gasteiger partial charge in [0, 0.05) is 18.9 Å². The van der Waals surface area contributed by atoms with Crippen LogP contribution in [0.25, 0.3) is 10.9 Å². The Labute approximate surface area is 160 Å². The Morgan fingerprint density at radius 2 is 1.92 bits per heavy atom. The molecule has 136 valence electrons. The summed E-state index contributed by atoms with van der Waals surface area (Å²) in [6.07, 6.45) is 0.504. The SMILES string of the molecule is O=c1c2ccccc2nc(SCCOc2ccccc2Cl)n1CCCO. The van der Waals surface area contributed by atoms with Gasteiger partial charge in [-0.05, 0) is 30.7 Å². The van der Waals surface area contributed by atoms with Gasteiger partial charge in [-0.1, -0.05) is 47.6 Å². The first kappa shape index (κ1) is 18.8. The minimum Gasteiger partial charge on any atom is -0.491 e. The third kappa shape index (κ3) is 4.38. The van der Waals surface area contributed by atoms with Gasteiger partial charge in [0.2, 0.25) is 0 Å². The Morgan fingerprint density at radius 3 is 2.73 bits per heavy atom. The molecule has 0 fully saturated rings. The van der Waals surface area contributed by atoms with Gasteiger partial charge >= 0.3 is 0 Å². The van der Waals surface area contributed by atoms with Crippen molar-refractivity contribution in [3.63, 3.8) is 0 Å². The van der Waals surface area contributed by atoms with Crippen LogP contribution in [0.5, 0.6) is 5.75 Å². The van der Waals surface area contributed by atoms with E-state index in [-0.39, 0.29) is 12.2 Å². The van der Waals surface area contributed by atoms with Gasteiger partial charge in [-0.15, -0.1) is 0 Å². The van der Waals surface area contributed by atoms with Gasteiger partial charge in [0.25, 0.3) is 5.56 Å². The largest absolute Gasteiger partial charge is 0.491 e. The summed E-state index contributed by atoms with van der Waals surface area (Å²) in [5, 5.41) is 10.9. The molecule has 3 aromatic rings. The highest BCUT2D eigenvalue weighted by Crippen LogP contribution is 2.24. The molecular weight excluding hydrogens is 372 g/mol. The van der Waals surface area contributed by atoms with Gasteiger partial charge in [-0.3, -0.25) is 9.36 Å². The molecule has 0 radical (unpaired) electrons. The smallest absolute Gasteiger partial charge is 0.262 e. The predicted molar refractivity (Wildman–Crippen MR) is 105 cm³/mol. The number of fused-ring (bicyclic) bond motifs is 1. The van der Waals surface area contributed by atoms with Crippen molar-refractivity contribution < 1.29 is 9.84 Å². The van der Waals surface area contributed by atoms with Crippen LogP contribution in [0.1, 0.15) is 6.42 Å². The lowest BCUT2D eigenvalue weighted by atomic mass is 10.2. The van der Waals surface area contributed by atoms with Crippen LogP contribution in [0.4, 0.5) is 0 Å². The Bertz CT molecular complexity index is 945. The fourth-order valence-electron chi connectivity index (χ4n) is 2.53.